The summed E-state index contributed by atoms with van der Waals surface area (Å²) in [5.74, 6) is -0.265. The summed E-state index contributed by atoms with van der Waals surface area (Å²) >= 11 is 0. The van der Waals surface area contributed by atoms with Crippen LogP contribution < -0.4 is 5.32 Å². The summed E-state index contributed by atoms with van der Waals surface area (Å²) in [6, 6.07) is 10.5. The van der Waals surface area contributed by atoms with Crippen LogP contribution >= 0.6 is 0 Å². The smallest absolute Gasteiger partial charge is 0.318 e. The summed E-state index contributed by atoms with van der Waals surface area (Å²) in [4.78, 5) is 14.5. The first-order chi connectivity index (χ1) is 11.1. The number of benzene rings is 1. The van der Waals surface area contributed by atoms with Crippen LogP contribution in [-0.4, -0.2) is 22.0 Å². The molecule has 2 aromatic rings. The minimum atomic E-state index is -0.265. The minimum absolute atomic E-state index is 0.0636. The number of aromatic nitrogens is 1. The Hall–Kier alpha value is -2.30. The number of aryl methyl sites for hydroxylation is 1. The molecule has 0 radical (unpaired) electrons. The van der Waals surface area contributed by atoms with Gasteiger partial charge in [0.15, 0.2) is 0 Å². The third kappa shape index (κ3) is 3.09. The Morgan fingerprint density at radius 2 is 1.96 bits per heavy atom. The highest BCUT2D eigenvalue weighted by atomic mass is 19.1. The Bertz CT molecular complexity index is 693. The molecule has 2 amide bonds. The lowest BCUT2D eigenvalue weighted by atomic mass is 10.1. The Kier molecular flexibility index (Phi) is 4.37. The summed E-state index contributed by atoms with van der Waals surface area (Å²) in [5, 5.41) is 2.95. The van der Waals surface area contributed by atoms with Crippen molar-refractivity contribution < 1.29 is 9.18 Å². The Labute approximate surface area is 135 Å². The number of hydrogen-bond donors (Lipinski definition) is 1. The second kappa shape index (κ2) is 6.44. The zero-order valence-corrected chi connectivity index (χ0v) is 13.6. The average Bonchev–Trinajstić information content (AvgIpc) is 2.94. The third-order valence-electron chi connectivity index (χ3n) is 4.52. The molecule has 2 heterocycles. The molecule has 1 aromatic carbocycles. The zero-order valence-electron chi connectivity index (χ0n) is 13.6. The van der Waals surface area contributed by atoms with E-state index in [4.69, 9.17) is 0 Å². The molecule has 0 saturated heterocycles. The first-order valence-corrected chi connectivity index (χ1v) is 8.05. The number of fused-ring (bicyclic) bond motifs is 1. The summed E-state index contributed by atoms with van der Waals surface area (Å²) in [5.41, 5.74) is 3.34. The van der Waals surface area contributed by atoms with E-state index in [1.54, 1.807) is 12.1 Å². The van der Waals surface area contributed by atoms with Crippen LogP contribution in [0.25, 0.3) is 0 Å². The normalized spacial score (nSPS) is 17.0. The second-order valence-electron chi connectivity index (χ2n) is 5.95. The number of halogens is 1. The van der Waals surface area contributed by atoms with Crippen LogP contribution in [-0.2, 0) is 13.1 Å². The fraction of sp³-hybridized carbons (Fsp3) is 0.389. The average molecular weight is 315 g/mol. The Morgan fingerprint density at radius 1 is 1.22 bits per heavy atom. The number of rotatable bonds is 3. The first-order valence-electron chi connectivity index (χ1n) is 8.05. The predicted molar refractivity (Wildman–Crippen MR) is 87.5 cm³/mol. The van der Waals surface area contributed by atoms with Gasteiger partial charge in [-0.3, -0.25) is 0 Å². The number of nitrogens with one attached hydrogen (secondary N) is 1. The monoisotopic (exact) mass is 315 g/mol. The molecule has 0 saturated carbocycles. The van der Waals surface area contributed by atoms with Crippen LogP contribution in [0.5, 0.6) is 0 Å². The van der Waals surface area contributed by atoms with Crippen molar-refractivity contribution in [3.63, 3.8) is 0 Å². The topological polar surface area (TPSA) is 37.3 Å². The Balaban J connectivity index is 1.68. The van der Waals surface area contributed by atoms with Crippen LogP contribution in [0, 0.1) is 12.7 Å². The molecule has 1 unspecified atom stereocenters. The van der Waals surface area contributed by atoms with Crippen molar-refractivity contribution >= 4 is 6.03 Å². The van der Waals surface area contributed by atoms with Gasteiger partial charge in [-0.1, -0.05) is 19.1 Å². The van der Waals surface area contributed by atoms with Gasteiger partial charge in [-0.05, 0) is 43.2 Å². The molecule has 1 aliphatic heterocycles. The highest BCUT2D eigenvalue weighted by Crippen LogP contribution is 2.30. The molecule has 1 N–H and O–H groups in total. The summed E-state index contributed by atoms with van der Waals surface area (Å²) in [7, 11) is 0. The molecule has 23 heavy (non-hydrogen) atoms. The summed E-state index contributed by atoms with van der Waals surface area (Å²) in [6.45, 7) is 6.14. The summed E-state index contributed by atoms with van der Waals surface area (Å²) < 4.78 is 15.2. The number of amides is 2. The van der Waals surface area contributed by atoms with E-state index >= 15 is 0 Å². The highest BCUT2D eigenvalue weighted by molar-refractivity contribution is 5.75. The van der Waals surface area contributed by atoms with Gasteiger partial charge < -0.3 is 14.8 Å². The number of nitrogens with zero attached hydrogens (tertiary/aromatic N) is 2. The van der Waals surface area contributed by atoms with Crippen molar-refractivity contribution in [1.29, 1.82) is 0 Å². The first kappa shape index (κ1) is 15.6. The van der Waals surface area contributed by atoms with Crippen LogP contribution in [0.1, 0.15) is 36.3 Å². The van der Waals surface area contributed by atoms with Gasteiger partial charge in [0.25, 0.3) is 0 Å². The molecule has 0 aliphatic carbocycles. The van der Waals surface area contributed by atoms with Crippen molar-refractivity contribution in [3.05, 3.63) is 59.2 Å². The van der Waals surface area contributed by atoms with Crippen LogP contribution in [0.2, 0.25) is 0 Å². The highest BCUT2D eigenvalue weighted by Gasteiger charge is 2.30. The van der Waals surface area contributed by atoms with Crippen LogP contribution in [0.15, 0.2) is 36.4 Å². The van der Waals surface area contributed by atoms with E-state index in [0.29, 0.717) is 13.1 Å². The molecular weight excluding hydrogens is 293 g/mol. The van der Waals surface area contributed by atoms with Crippen molar-refractivity contribution in [2.75, 3.05) is 6.54 Å². The van der Waals surface area contributed by atoms with Crippen molar-refractivity contribution in [1.82, 2.24) is 14.8 Å². The number of urea groups is 1. The maximum absolute atomic E-state index is 12.9. The van der Waals surface area contributed by atoms with E-state index in [9.17, 15) is 9.18 Å². The fourth-order valence-corrected chi connectivity index (χ4v) is 3.26. The molecule has 122 valence electrons. The van der Waals surface area contributed by atoms with Gasteiger partial charge in [-0.2, -0.15) is 0 Å². The molecule has 4 nitrogen and oxygen atoms in total. The molecule has 5 heteroatoms. The lowest BCUT2D eigenvalue weighted by Gasteiger charge is -2.37. The zero-order chi connectivity index (χ0) is 16.4. The van der Waals surface area contributed by atoms with E-state index in [2.05, 4.69) is 35.9 Å². The standard InChI is InChI=1S/C18H22FN3O/c1-3-16-17-9-4-13(2)21(17)10-11-22(16)18(23)20-12-14-5-7-15(19)8-6-14/h4-9,16H,3,10-12H2,1-2H3,(H,20,23). The van der Waals surface area contributed by atoms with E-state index in [0.717, 1.165) is 18.5 Å². The number of hydrogen-bond acceptors (Lipinski definition) is 1. The number of carbonyl (C=O) groups is 1. The molecular formula is C18H22FN3O. The van der Waals surface area contributed by atoms with Gasteiger partial charge in [0, 0.05) is 31.0 Å². The van der Waals surface area contributed by atoms with Crippen molar-refractivity contribution in [3.8, 4) is 0 Å². The quantitative estimate of drug-likeness (QED) is 0.923. The van der Waals surface area contributed by atoms with Gasteiger partial charge in [-0.25, -0.2) is 9.18 Å². The lowest BCUT2D eigenvalue weighted by molar-refractivity contribution is 0.152. The minimum Gasteiger partial charge on any atom is -0.345 e. The molecule has 0 fully saturated rings. The van der Waals surface area contributed by atoms with Gasteiger partial charge in [0.1, 0.15) is 5.82 Å². The largest absolute Gasteiger partial charge is 0.345 e. The molecule has 1 atom stereocenters. The van der Waals surface area contributed by atoms with Crippen LogP contribution in [0.4, 0.5) is 9.18 Å². The lowest BCUT2D eigenvalue weighted by Crippen LogP contribution is -2.46. The SMILES string of the molecule is CCC1c2ccc(C)n2CCN1C(=O)NCc1ccc(F)cc1. The number of carbonyl (C=O) groups excluding carboxylic acids is 1. The Morgan fingerprint density at radius 3 is 2.65 bits per heavy atom. The van der Waals surface area contributed by atoms with Crippen molar-refractivity contribution in [2.45, 2.75) is 39.4 Å². The molecule has 1 aliphatic rings. The fourth-order valence-electron chi connectivity index (χ4n) is 3.26. The van der Waals surface area contributed by atoms with E-state index < -0.39 is 0 Å². The van der Waals surface area contributed by atoms with Crippen LogP contribution in [0.3, 0.4) is 0 Å². The predicted octanol–water partition coefficient (Wildman–Crippen LogP) is 3.61. The maximum atomic E-state index is 12.9. The van der Waals surface area contributed by atoms with Gasteiger partial charge in [0.2, 0.25) is 0 Å². The van der Waals surface area contributed by atoms with Gasteiger partial charge >= 0.3 is 6.03 Å². The molecule has 1 aromatic heterocycles. The molecule has 0 spiro atoms. The maximum Gasteiger partial charge on any atom is 0.318 e. The van der Waals surface area contributed by atoms with Gasteiger partial charge in [-0.15, -0.1) is 0 Å². The van der Waals surface area contributed by atoms with E-state index in [1.165, 1.54) is 23.5 Å². The third-order valence-corrected chi connectivity index (χ3v) is 4.52. The molecule has 3 rings (SSSR count). The second-order valence-corrected chi connectivity index (χ2v) is 5.95. The van der Waals surface area contributed by atoms with Crippen molar-refractivity contribution in [2.24, 2.45) is 0 Å². The van der Waals surface area contributed by atoms with E-state index in [-0.39, 0.29) is 17.9 Å². The van der Waals surface area contributed by atoms with E-state index in [1.807, 2.05) is 4.90 Å². The van der Waals surface area contributed by atoms with Gasteiger partial charge in [0.05, 0.1) is 6.04 Å². The molecule has 0 bridgehead atoms. The summed E-state index contributed by atoms with van der Waals surface area (Å²) in [6.07, 6.45) is 0.882.